The third-order valence-corrected chi connectivity index (χ3v) is 6.93. The molecule has 0 saturated carbocycles. The maximum Gasteiger partial charge on any atom is 0.273 e. The van der Waals surface area contributed by atoms with Crippen molar-refractivity contribution in [3.05, 3.63) is 65.3 Å². The van der Waals surface area contributed by atoms with Crippen LogP contribution in [-0.2, 0) is 14.8 Å². The van der Waals surface area contributed by atoms with Gasteiger partial charge in [0.25, 0.3) is 5.91 Å². The molecular weight excluding hydrogens is 428 g/mol. The summed E-state index contributed by atoms with van der Waals surface area (Å²) in [7, 11) is -3.58. The van der Waals surface area contributed by atoms with E-state index in [9.17, 15) is 13.2 Å². The van der Waals surface area contributed by atoms with Crippen LogP contribution in [0.5, 0.6) is 0 Å². The lowest BCUT2D eigenvalue weighted by Crippen LogP contribution is -2.40. The van der Waals surface area contributed by atoms with Crippen LogP contribution in [0.2, 0.25) is 5.02 Å². The number of aromatic amines is 1. The number of sulfonamides is 1. The van der Waals surface area contributed by atoms with Crippen molar-refractivity contribution in [2.24, 2.45) is 0 Å². The quantitative estimate of drug-likeness (QED) is 0.626. The molecule has 2 aromatic carbocycles. The third-order valence-electron chi connectivity index (χ3n) is 4.69. The minimum atomic E-state index is -3.58. The molecule has 1 aliphatic heterocycles. The maximum absolute atomic E-state index is 12.7. The highest BCUT2D eigenvalue weighted by molar-refractivity contribution is 7.89. The van der Waals surface area contributed by atoms with Crippen molar-refractivity contribution in [1.29, 1.82) is 0 Å². The van der Waals surface area contributed by atoms with Crippen molar-refractivity contribution in [3.63, 3.8) is 0 Å². The van der Waals surface area contributed by atoms with E-state index in [1.165, 1.54) is 16.4 Å². The van der Waals surface area contributed by atoms with Crippen molar-refractivity contribution in [1.82, 2.24) is 14.5 Å². The van der Waals surface area contributed by atoms with Crippen molar-refractivity contribution in [2.45, 2.75) is 4.90 Å². The normalized spacial score (nSPS) is 15.1. The third kappa shape index (κ3) is 4.24. The van der Waals surface area contributed by atoms with E-state index in [1.807, 2.05) is 18.2 Å². The van der Waals surface area contributed by atoms with E-state index in [0.717, 1.165) is 0 Å². The minimum absolute atomic E-state index is 0.171. The number of aromatic nitrogens is 2. The maximum atomic E-state index is 12.7. The van der Waals surface area contributed by atoms with Gasteiger partial charge in [0.2, 0.25) is 10.0 Å². The predicted molar refractivity (Wildman–Crippen MR) is 113 cm³/mol. The van der Waals surface area contributed by atoms with Crippen LogP contribution in [0.25, 0.3) is 11.3 Å². The summed E-state index contributed by atoms with van der Waals surface area (Å²) in [5, 5.41) is 10.1. The van der Waals surface area contributed by atoms with Gasteiger partial charge in [0.05, 0.1) is 28.8 Å². The summed E-state index contributed by atoms with van der Waals surface area (Å²) in [5.74, 6) is -0.399. The number of carbonyl (C=O) groups is 1. The van der Waals surface area contributed by atoms with E-state index in [1.54, 1.807) is 24.3 Å². The number of hydrogen-bond donors (Lipinski definition) is 2. The molecule has 0 aliphatic carbocycles. The van der Waals surface area contributed by atoms with E-state index in [0.29, 0.717) is 48.3 Å². The zero-order valence-corrected chi connectivity index (χ0v) is 17.4. The minimum Gasteiger partial charge on any atom is -0.379 e. The second-order valence-electron chi connectivity index (χ2n) is 6.64. The molecule has 1 aliphatic rings. The average molecular weight is 447 g/mol. The Kier molecular flexibility index (Phi) is 5.87. The fraction of sp³-hybridized carbons (Fsp3) is 0.200. The average Bonchev–Trinajstić information content (AvgIpc) is 3.25. The molecule has 0 bridgehead atoms. The van der Waals surface area contributed by atoms with Crippen LogP contribution in [0.3, 0.4) is 0 Å². The molecule has 1 saturated heterocycles. The predicted octanol–water partition coefficient (Wildman–Crippen LogP) is 3.00. The van der Waals surface area contributed by atoms with Gasteiger partial charge in [-0.1, -0.05) is 29.8 Å². The van der Waals surface area contributed by atoms with Gasteiger partial charge in [-0.05, 0) is 36.4 Å². The molecule has 3 aromatic rings. The van der Waals surface area contributed by atoms with Crippen LogP contribution in [-0.4, -0.2) is 55.1 Å². The molecule has 0 spiro atoms. The molecule has 1 aromatic heterocycles. The van der Waals surface area contributed by atoms with Crippen molar-refractivity contribution < 1.29 is 17.9 Å². The van der Waals surface area contributed by atoms with Crippen LogP contribution in [0.15, 0.2) is 59.5 Å². The number of H-pyrrole nitrogens is 1. The number of benzene rings is 2. The largest absolute Gasteiger partial charge is 0.379 e. The highest BCUT2D eigenvalue weighted by Crippen LogP contribution is 2.26. The first kappa shape index (κ1) is 20.5. The van der Waals surface area contributed by atoms with Gasteiger partial charge in [-0.15, -0.1) is 0 Å². The summed E-state index contributed by atoms with van der Waals surface area (Å²) < 4.78 is 31.9. The highest BCUT2D eigenvalue weighted by atomic mass is 35.5. The summed E-state index contributed by atoms with van der Waals surface area (Å²) in [4.78, 5) is 12.7. The Balaban J connectivity index is 1.46. The van der Waals surface area contributed by atoms with Crippen LogP contribution in [0, 0.1) is 0 Å². The van der Waals surface area contributed by atoms with Crippen LogP contribution >= 0.6 is 11.6 Å². The molecular formula is C20H19ClN4O4S. The summed E-state index contributed by atoms with van der Waals surface area (Å²) >= 11 is 6.17. The lowest BCUT2D eigenvalue weighted by atomic mass is 10.1. The van der Waals surface area contributed by atoms with Crippen molar-refractivity contribution >= 4 is 33.2 Å². The lowest BCUT2D eigenvalue weighted by Gasteiger charge is -2.26. The number of nitrogens with one attached hydrogen (secondary N) is 2. The van der Waals surface area contributed by atoms with Gasteiger partial charge < -0.3 is 10.1 Å². The first-order chi connectivity index (χ1) is 14.4. The number of morpholine rings is 1. The first-order valence-electron chi connectivity index (χ1n) is 9.25. The fourth-order valence-electron chi connectivity index (χ4n) is 3.09. The number of anilines is 1. The van der Waals surface area contributed by atoms with Crippen LogP contribution < -0.4 is 5.32 Å². The number of nitrogens with zero attached hydrogens (tertiary/aromatic N) is 2. The second kappa shape index (κ2) is 8.57. The highest BCUT2D eigenvalue weighted by Gasteiger charge is 2.26. The first-order valence-corrected chi connectivity index (χ1v) is 11.1. The molecule has 2 N–H and O–H groups in total. The topological polar surface area (TPSA) is 104 Å². The van der Waals surface area contributed by atoms with E-state index in [2.05, 4.69) is 15.5 Å². The summed E-state index contributed by atoms with van der Waals surface area (Å²) in [6, 6.07) is 14.9. The molecule has 0 atom stereocenters. The van der Waals surface area contributed by atoms with Gasteiger partial charge in [0.1, 0.15) is 5.69 Å². The van der Waals surface area contributed by atoms with Gasteiger partial charge in [-0.3, -0.25) is 9.89 Å². The smallest absolute Gasteiger partial charge is 0.273 e. The number of halogens is 1. The zero-order valence-electron chi connectivity index (χ0n) is 15.8. The van der Waals surface area contributed by atoms with E-state index >= 15 is 0 Å². The number of carbonyl (C=O) groups excluding carboxylic acids is 1. The zero-order chi connectivity index (χ0) is 21.1. The van der Waals surface area contributed by atoms with E-state index in [-0.39, 0.29) is 10.6 Å². The molecule has 0 radical (unpaired) electrons. The van der Waals surface area contributed by atoms with Crippen LogP contribution in [0.4, 0.5) is 5.69 Å². The number of rotatable bonds is 5. The van der Waals surface area contributed by atoms with Crippen molar-refractivity contribution in [3.8, 4) is 11.3 Å². The van der Waals surface area contributed by atoms with Crippen molar-refractivity contribution in [2.75, 3.05) is 31.6 Å². The molecule has 2 heterocycles. The molecule has 1 fully saturated rings. The molecule has 30 heavy (non-hydrogen) atoms. The molecule has 10 heteroatoms. The SMILES string of the molecule is O=C(Nc1ccc(S(=O)(=O)N2CCOCC2)cc1)c1cc(-c2ccccc2Cl)n[nH]1. The Morgan fingerprint density at radius 3 is 2.50 bits per heavy atom. The fourth-order valence-corrected chi connectivity index (χ4v) is 4.73. The number of amides is 1. The molecule has 1 amide bonds. The van der Waals surface area contributed by atoms with Gasteiger partial charge >= 0.3 is 0 Å². The Morgan fingerprint density at radius 1 is 1.10 bits per heavy atom. The standard InChI is InChI=1S/C20H19ClN4O4S/c21-17-4-2-1-3-16(17)18-13-19(24-23-18)20(26)22-14-5-7-15(8-6-14)30(27,28)25-9-11-29-12-10-25/h1-8,13H,9-12H2,(H,22,26)(H,23,24). The van der Waals surface area contributed by atoms with Gasteiger partial charge in [0, 0.05) is 24.3 Å². The van der Waals surface area contributed by atoms with Gasteiger partial charge in [-0.2, -0.15) is 9.40 Å². The Bertz CT molecular complexity index is 1160. The summed E-state index contributed by atoms with van der Waals surface area (Å²) in [6.45, 7) is 1.42. The number of hydrogen-bond acceptors (Lipinski definition) is 5. The molecule has 8 nitrogen and oxygen atoms in total. The van der Waals surface area contributed by atoms with E-state index in [4.69, 9.17) is 16.3 Å². The Labute approximate surface area is 178 Å². The summed E-state index contributed by atoms with van der Waals surface area (Å²) in [5.41, 5.74) is 1.99. The van der Waals surface area contributed by atoms with Gasteiger partial charge in [0.15, 0.2) is 0 Å². The number of ether oxygens (including phenoxy) is 1. The lowest BCUT2D eigenvalue weighted by molar-refractivity contribution is 0.0730. The molecule has 4 rings (SSSR count). The Morgan fingerprint density at radius 2 is 1.80 bits per heavy atom. The monoisotopic (exact) mass is 446 g/mol. The second-order valence-corrected chi connectivity index (χ2v) is 8.99. The summed E-state index contributed by atoms with van der Waals surface area (Å²) in [6.07, 6.45) is 0. The van der Waals surface area contributed by atoms with E-state index < -0.39 is 15.9 Å². The molecule has 156 valence electrons. The van der Waals surface area contributed by atoms with Crippen LogP contribution in [0.1, 0.15) is 10.5 Å². The van der Waals surface area contributed by atoms with Gasteiger partial charge in [-0.25, -0.2) is 8.42 Å². The molecule has 0 unspecified atom stereocenters. The Hall–Kier alpha value is -2.72.